The normalized spacial score (nSPS) is 24.6. The van der Waals surface area contributed by atoms with Gasteiger partial charge < -0.3 is 14.5 Å². The Labute approximate surface area is 169 Å². The molecule has 1 atom stereocenters. The molecule has 2 saturated heterocycles. The Morgan fingerprint density at radius 1 is 1.04 bits per heavy atom. The second kappa shape index (κ2) is 9.84. The molecule has 3 heterocycles. The molecule has 1 aromatic heterocycles. The van der Waals surface area contributed by atoms with Crippen LogP contribution < -0.4 is 0 Å². The van der Waals surface area contributed by atoms with Crippen molar-refractivity contribution in [1.82, 2.24) is 14.8 Å². The SMILES string of the molecule is O=C(Cc1ccncc1)N(CC1CCN(C2CCCC2)CC1)CC1CCCO1. The lowest BCUT2D eigenvalue weighted by atomic mass is 9.94. The number of nitrogens with zero attached hydrogens (tertiary/aromatic N) is 3. The molecule has 1 amide bonds. The van der Waals surface area contributed by atoms with Gasteiger partial charge in [-0.1, -0.05) is 12.8 Å². The fourth-order valence-corrected chi connectivity index (χ4v) is 5.18. The molecule has 0 spiro atoms. The van der Waals surface area contributed by atoms with Crippen LogP contribution in [0.15, 0.2) is 24.5 Å². The van der Waals surface area contributed by atoms with Gasteiger partial charge in [-0.25, -0.2) is 0 Å². The average molecular weight is 386 g/mol. The van der Waals surface area contributed by atoms with Crippen molar-refractivity contribution in [2.24, 2.45) is 5.92 Å². The van der Waals surface area contributed by atoms with Gasteiger partial charge in [0, 0.05) is 38.1 Å². The van der Waals surface area contributed by atoms with E-state index < -0.39 is 0 Å². The van der Waals surface area contributed by atoms with Gasteiger partial charge in [-0.2, -0.15) is 0 Å². The zero-order chi connectivity index (χ0) is 19.2. The Kier molecular flexibility index (Phi) is 6.97. The van der Waals surface area contributed by atoms with Crippen LogP contribution in [0, 0.1) is 5.92 Å². The third-order valence-corrected chi connectivity index (χ3v) is 6.87. The minimum atomic E-state index is 0.222. The monoisotopic (exact) mass is 385 g/mol. The number of aromatic nitrogens is 1. The van der Waals surface area contributed by atoms with Crippen LogP contribution in [-0.2, 0) is 16.0 Å². The second-order valence-electron chi connectivity index (χ2n) is 8.88. The lowest BCUT2D eigenvalue weighted by Gasteiger charge is -2.38. The van der Waals surface area contributed by atoms with Gasteiger partial charge in [0.25, 0.3) is 0 Å². The summed E-state index contributed by atoms with van der Waals surface area (Å²) in [5.74, 6) is 0.861. The minimum absolute atomic E-state index is 0.222. The molecule has 1 saturated carbocycles. The van der Waals surface area contributed by atoms with Crippen LogP contribution in [0.4, 0.5) is 0 Å². The first-order chi connectivity index (χ1) is 13.8. The summed E-state index contributed by atoms with van der Waals surface area (Å²) in [5.41, 5.74) is 1.05. The summed E-state index contributed by atoms with van der Waals surface area (Å²) in [5, 5.41) is 0. The lowest BCUT2D eigenvalue weighted by Crippen LogP contribution is -2.45. The van der Waals surface area contributed by atoms with Crippen molar-refractivity contribution in [3.8, 4) is 0 Å². The molecule has 0 bridgehead atoms. The van der Waals surface area contributed by atoms with Gasteiger partial charge in [-0.3, -0.25) is 9.78 Å². The number of likely N-dealkylation sites (tertiary alicyclic amines) is 1. The maximum atomic E-state index is 13.1. The predicted molar refractivity (Wildman–Crippen MR) is 110 cm³/mol. The highest BCUT2D eigenvalue weighted by Gasteiger charge is 2.30. The van der Waals surface area contributed by atoms with Gasteiger partial charge >= 0.3 is 0 Å². The number of hydrogen-bond donors (Lipinski definition) is 0. The van der Waals surface area contributed by atoms with Crippen LogP contribution in [-0.4, -0.2) is 65.6 Å². The van der Waals surface area contributed by atoms with E-state index in [0.29, 0.717) is 12.3 Å². The number of rotatable bonds is 7. The van der Waals surface area contributed by atoms with E-state index in [1.54, 1.807) is 12.4 Å². The van der Waals surface area contributed by atoms with E-state index >= 15 is 0 Å². The molecule has 1 aromatic rings. The topological polar surface area (TPSA) is 45.7 Å². The van der Waals surface area contributed by atoms with Gasteiger partial charge in [0.2, 0.25) is 5.91 Å². The van der Waals surface area contributed by atoms with Crippen LogP contribution in [0.25, 0.3) is 0 Å². The average Bonchev–Trinajstić information content (AvgIpc) is 3.43. The van der Waals surface area contributed by atoms with E-state index in [2.05, 4.69) is 14.8 Å². The highest BCUT2D eigenvalue weighted by molar-refractivity contribution is 5.78. The molecule has 3 fully saturated rings. The van der Waals surface area contributed by atoms with Gasteiger partial charge in [0.15, 0.2) is 0 Å². The van der Waals surface area contributed by atoms with Crippen molar-refractivity contribution < 1.29 is 9.53 Å². The molecule has 28 heavy (non-hydrogen) atoms. The molecule has 1 unspecified atom stereocenters. The molecule has 5 heteroatoms. The second-order valence-corrected chi connectivity index (χ2v) is 8.88. The summed E-state index contributed by atoms with van der Waals surface area (Å²) in [4.78, 5) is 22.0. The predicted octanol–water partition coefficient (Wildman–Crippen LogP) is 3.29. The number of carbonyl (C=O) groups excluding carboxylic acids is 1. The molecule has 5 nitrogen and oxygen atoms in total. The highest BCUT2D eigenvalue weighted by atomic mass is 16.5. The van der Waals surface area contributed by atoms with Gasteiger partial charge in [-0.15, -0.1) is 0 Å². The molecule has 4 rings (SSSR count). The number of amides is 1. The fourth-order valence-electron chi connectivity index (χ4n) is 5.18. The molecule has 0 N–H and O–H groups in total. The van der Waals surface area contributed by atoms with E-state index in [1.165, 1.54) is 51.6 Å². The summed E-state index contributed by atoms with van der Waals surface area (Å²) < 4.78 is 5.85. The van der Waals surface area contributed by atoms with Crippen LogP contribution in [0.3, 0.4) is 0 Å². The lowest BCUT2D eigenvalue weighted by molar-refractivity contribution is -0.133. The quantitative estimate of drug-likeness (QED) is 0.723. The Hall–Kier alpha value is -1.46. The van der Waals surface area contributed by atoms with Crippen molar-refractivity contribution in [2.45, 2.75) is 69.9 Å². The maximum Gasteiger partial charge on any atom is 0.227 e. The standard InChI is InChI=1S/C23H35N3O2/c27-23(16-19-7-11-24-12-8-19)26(18-22-6-3-15-28-22)17-20-9-13-25(14-10-20)21-4-1-2-5-21/h7-8,11-12,20-22H,1-6,9-10,13-18H2. The van der Waals surface area contributed by atoms with Gasteiger partial charge in [0.1, 0.15) is 0 Å². The van der Waals surface area contributed by atoms with Crippen molar-refractivity contribution in [3.05, 3.63) is 30.1 Å². The minimum Gasteiger partial charge on any atom is -0.376 e. The fraction of sp³-hybridized carbons (Fsp3) is 0.739. The van der Waals surface area contributed by atoms with Crippen LogP contribution >= 0.6 is 0 Å². The molecular formula is C23H35N3O2. The van der Waals surface area contributed by atoms with Crippen molar-refractivity contribution >= 4 is 5.91 Å². The molecule has 1 aliphatic carbocycles. The zero-order valence-corrected chi connectivity index (χ0v) is 17.1. The van der Waals surface area contributed by atoms with E-state index in [9.17, 15) is 4.79 Å². The van der Waals surface area contributed by atoms with E-state index in [1.807, 2.05) is 12.1 Å². The summed E-state index contributed by atoms with van der Waals surface area (Å²) in [6.07, 6.45) is 14.5. The number of piperidine rings is 1. The molecule has 2 aliphatic heterocycles. The zero-order valence-electron chi connectivity index (χ0n) is 17.1. The van der Waals surface area contributed by atoms with E-state index in [0.717, 1.165) is 44.1 Å². The summed E-state index contributed by atoms with van der Waals surface area (Å²) in [7, 11) is 0. The van der Waals surface area contributed by atoms with Crippen LogP contribution in [0.5, 0.6) is 0 Å². The molecule has 154 valence electrons. The molecule has 0 aromatic carbocycles. The third kappa shape index (κ3) is 5.32. The first kappa shape index (κ1) is 19.8. The number of hydrogen-bond acceptors (Lipinski definition) is 4. The van der Waals surface area contributed by atoms with Crippen molar-refractivity contribution in [1.29, 1.82) is 0 Å². The Morgan fingerprint density at radius 3 is 2.46 bits per heavy atom. The van der Waals surface area contributed by atoms with Gasteiger partial charge in [0.05, 0.1) is 12.5 Å². The van der Waals surface area contributed by atoms with E-state index in [-0.39, 0.29) is 12.0 Å². The molecule has 0 radical (unpaired) electrons. The van der Waals surface area contributed by atoms with Crippen LogP contribution in [0.2, 0.25) is 0 Å². The summed E-state index contributed by atoms with van der Waals surface area (Å²) in [6.45, 7) is 4.91. The number of pyridine rings is 1. The smallest absolute Gasteiger partial charge is 0.227 e. The van der Waals surface area contributed by atoms with Crippen molar-refractivity contribution in [2.75, 3.05) is 32.8 Å². The van der Waals surface area contributed by atoms with Crippen molar-refractivity contribution in [3.63, 3.8) is 0 Å². The first-order valence-electron chi connectivity index (χ1n) is 11.3. The number of carbonyl (C=O) groups is 1. The Morgan fingerprint density at radius 2 is 1.79 bits per heavy atom. The summed E-state index contributed by atoms with van der Waals surface area (Å²) >= 11 is 0. The maximum absolute atomic E-state index is 13.1. The molecule has 3 aliphatic rings. The van der Waals surface area contributed by atoms with E-state index in [4.69, 9.17) is 4.74 Å². The molecular weight excluding hydrogens is 350 g/mol. The first-order valence-corrected chi connectivity index (χ1v) is 11.3. The highest BCUT2D eigenvalue weighted by Crippen LogP contribution is 2.28. The largest absolute Gasteiger partial charge is 0.376 e. The number of ether oxygens (including phenoxy) is 1. The van der Waals surface area contributed by atoms with Crippen LogP contribution in [0.1, 0.15) is 56.9 Å². The Balaban J connectivity index is 1.32. The summed E-state index contributed by atoms with van der Waals surface area (Å²) in [6, 6.07) is 4.72. The Bertz CT molecular complexity index is 604. The third-order valence-electron chi connectivity index (χ3n) is 6.87. The van der Waals surface area contributed by atoms with Gasteiger partial charge in [-0.05, 0) is 75.2 Å².